The molecule has 1 saturated heterocycles. The molecular weight excluding hydrogens is 696 g/mol. The first-order valence-electron chi connectivity index (χ1n) is 16.2. The largest absolute Gasteiger partial charge is 0.573 e. The standard InChI is InChI=1S/C34H42F3N5O6S2/c1-32(2,3)23-9-7-22(8-10-23)19-38-29(43)27-20-40(30-39-26-15-16-41(21-28(26)49-30)31(44)48-33(4,5)6)17-18-42(27)50(45,46)25-13-11-24(12-14-25)47-34(35,36)37/h7-14,27H,15-21H2,1-6H3,(H,38,43)/t27-/m1/s1. The molecule has 1 atom stereocenters. The summed E-state index contributed by atoms with van der Waals surface area (Å²) in [7, 11) is -4.33. The van der Waals surface area contributed by atoms with Crippen molar-refractivity contribution in [3.63, 3.8) is 0 Å². The van der Waals surface area contributed by atoms with Crippen LogP contribution in [0.4, 0.5) is 23.1 Å². The average molecular weight is 738 g/mol. The summed E-state index contributed by atoms with van der Waals surface area (Å²) in [5.41, 5.74) is 2.10. The van der Waals surface area contributed by atoms with Crippen molar-refractivity contribution in [2.45, 2.75) is 89.4 Å². The maximum Gasteiger partial charge on any atom is 0.573 e. The molecule has 0 aliphatic carbocycles. The lowest BCUT2D eigenvalue weighted by molar-refractivity contribution is -0.274. The molecule has 2 amide bonds. The third-order valence-electron chi connectivity index (χ3n) is 8.23. The fraction of sp³-hybridized carbons (Fsp3) is 0.500. The van der Waals surface area contributed by atoms with E-state index >= 15 is 0 Å². The molecule has 3 heterocycles. The summed E-state index contributed by atoms with van der Waals surface area (Å²) < 4.78 is 76.5. The Morgan fingerprint density at radius 3 is 2.22 bits per heavy atom. The SMILES string of the molecule is CC(C)(C)OC(=O)N1CCc2nc(N3CCN(S(=O)(=O)c4ccc(OC(F)(F)F)cc4)[C@@H](C(=O)NCc4ccc(C(C)(C)C)cc4)C3)sc2C1. The number of rotatable bonds is 7. The van der Waals surface area contributed by atoms with E-state index in [1.165, 1.54) is 11.3 Å². The number of amides is 2. The third kappa shape index (κ3) is 9.06. The number of ether oxygens (including phenoxy) is 2. The van der Waals surface area contributed by atoms with Crippen LogP contribution in [0.2, 0.25) is 0 Å². The average Bonchev–Trinajstić information content (AvgIpc) is 3.45. The van der Waals surface area contributed by atoms with Crippen LogP contribution in [0, 0.1) is 0 Å². The lowest BCUT2D eigenvalue weighted by Crippen LogP contribution is -2.60. The van der Waals surface area contributed by atoms with Crippen molar-refractivity contribution in [1.82, 2.24) is 19.5 Å². The zero-order chi connectivity index (χ0) is 36.6. The van der Waals surface area contributed by atoms with E-state index in [0.717, 1.165) is 50.3 Å². The van der Waals surface area contributed by atoms with Crippen LogP contribution in [0.15, 0.2) is 53.4 Å². The van der Waals surface area contributed by atoms with Gasteiger partial charge in [-0.25, -0.2) is 18.2 Å². The van der Waals surface area contributed by atoms with Gasteiger partial charge in [-0.3, -0.25) is 4.79 Å². The van der Waals surface area contributed by atoms with Crippen molar-refractivity contribution >= 4 is 38.5 Å². The number of benzene rings is 2. The number of thiazole rings is 1. The van der Waals surface area contributed by atoms with Gasteiger partial charge in [0, 0.05) is 44.0 Å². The highest BCUT2D eigenvalue weighted by atomic mass is 32.2. The topological polar surface area (TPSA) is 121 Å². The molecule has 2 aromatic carbocycles. The Bertz CT molecular complexity index is 1800. The van der Waals surface area contributed by atoms with E-state index in [-0.39, 0.29) is 36.5 Å². The van der Waals surface area contributed by atoms with Crippen molar-refractivity contribution in [3.8, 4) is 5.75 Å². The summed E-state index contributed by atoms with van der Waals surface area (Å²) in [6, 6.07) is 10.5. The molecule has 0 bridgehead atoms. The maximum atomic E-state index is 13.9. The first-order valence-corrected chi connectivity index (χ1v) is 18.4. The van der Waals surface area contributed by atoms with Gasteiger partial charge in [-0.15, -0.1) is 13.2 Å². The molecule has 5 rings (SSSR count). The van der Waals surface area contributed by atoms with Gasteiger partial charge < -0.3 is 24.6 Å². The number of hydrogen-bond acceptors (Lipinski definition) is 9. The van der Waals surface area contributed by atoms with Gasteiger partial charge in [-0.1, -0.05) is 56.4 Å². The third-order valence-corrected chi connectivity index (χ3v) is 11.3. The number of alkyl halides is 3. The molecule has 2 aliphatic rings. The van der Waals surface area contributed by atoms with Crippen molar-refractivity contribution in [2.75, 3.05) is 31.1 Å². The van der Waals surface area contributed by atoms with E-state index in [1.807, 2.05) is 29.2 Å². The number of anilines is 1. The molecular formula is C34H42F3N5O6S2. The summed E-state index contributed by atoms with van der Waals surface area (Å²) in [5.74, 6) is -1.10. The molecule has 0 spiro atoms. The van der Waals surface area contributed by atoms with Gasteiger partial charge in [-0.05, 0) is 61.6 Å². The van der Waals surface area contributed by atoms with Crippen molar-refractivity contribution in [3.05, 3.63) is 70.2 Å². The molecule has 272 valence electrons. The molecule has 3 aromatic rings. The minimum absolute atomic E-state index is 0.0224. The van der Waals surface area contributed by atoms with Crippen LogP contribution in [0.3, 0.4) is 0 Å². The van der Waals surface area contributed by atoms with E-state index in [2.05, 4.69) is 30.8 Å². The quantitative estimate of drug-likeness (QED) is 0.322. The summed E-state index contributed by atoms with van der Waals surface area (Å²) >= 11 is 1.38. The molecule has 11 nitrogen and oxygen atoms in total. The minimum atomic E-state index is -4.93. The van der Waals surface area contributed by atoms with Gasteiger partial charge in [0.1, 0.15) is 17.4 Å². The maximum absolute atomic E-state index is 13.9. The van der Waals surface area contributed by atoms with Gasteiger partial charge in [-0.2, -0.15) is 4.31 Å². The lowest BCUT2D eigenvalue weighted by Gasteiger charge is -2.39. The Kier molecular flexibility index (Phi) is 10.5. The molecule has 16 heteroatoms. The molecule has 1 fully saturated rings. The van der Waals surface area contributed by atoms with Crippen LogP contribution >= 0.6 is 11.3 Å². The zero-order valence-electron chi connectivity index (χ0n) is 28.8. The summed E-state index contributed by atoms with van der Waals surface area (Å²) in [4.78, 5) is 35.4. The van der Waals surface area contributed by atoms with Crippen LogP contribution in [0.1, 0.15) is 63.2 Å². The first kappa shape index (κ1) is 37.4. The van der Waals surface area contributed by atoms with E-state index in [1.54, 1.807) is 25.7 Å². The number of nitrogens with one attached hydrogen (secondary N) is 1. The van der Waals surface area contributed by atoms with E-state index < -0.39 is 45.8 Å². The van der Waals surface area contributed by atoms with Crippen LogP contribution in [0.25, 0.3) is 0 Å². The van der Waals surface area contributed by atoms with Crippen LogP contribution in [0.5, 0.6) is 5.75 Å². The fourth-order valence-electron chi connectivity index (χ4n) is 5.62. The van der Waals surface area contributed by atoms with Gasteiger partial charge >= 0.3 is 12.5 Å². The molecule has 1 N–H and O–H groups in total. The van der Waals surface area contributed by atoms with Crippen molar-refractivity contribution < 1.29 is 40.7 Å². The van der Waals surface area contributed by atoms with Crippen LogP contribution < -0.4 is 15.0 Å². The predicted octanol–water partition coefficient (Wildman–Crippen LogP) is 5.83. The Hall–Kier alpha value is -3.89. The van der Waals surface area contributed by atoms with Crippen LogP contribution in [-0.2, 0) is 44.5 Å². The molecule has 0 saturated carbocycles. The number of aromatic nitrogens is 1. The Balaban J connectivity index is 1.37. The second kappa shape index (κ2) is 14.0. The number of fused-ring (bicyclic) bond motifs is 1. The van der Waals surface area contributed by atoms with E-state index in [4.69, 9.17) is 9.72 Å². The molecule has 2 aliphatic heterocycles. The summed E-state index contributed by atoms with van der Waals surface area (Å²) in [6.07, 6.45) is -4.83. The summed E-state index contributed by atoms with van der Waals surface area (Å²) in [5, 5.41) is 3.48. The molecule has 1 aromatic heterocycles. The van der Waals surface area contributed by atoms with Crippen molar-refractivity contribution in [1.29, 1.82) is 0 Å². The number of piperazine rings is 1. The van der Waals surface area contributed by atoms with Gasteiger partial charge in [0.15, 0.2) is 5.13 Å². The zero-order valence-corrected chi connectivity index (χ0v) is 30.5. The first-order chi connectivity index (χ1) is 23.2. The van der Waals surface area contributed by atoms with E-state index in [9.17, 15) is 31.2 Å². The van der Waals surface area contributed by atoms with Gasteiger partial charge in [0.2, 0.25) is 15.9 Å². The van der Waals surface area contributed by atoms with Gasteiger partial charge in [0.25, 0.3) is 0 Å². The van der Waals surface area contributed by atoms with E-state index in [0.29, 0.717) is 24.6 Å². The lowest BCUT2D eigenvalue weighted by atomic mass is 9.87. The highest BCUT2D eigenvalue weighted by molar-refractivity contribution is 7.89. The molecule has 50 heavy (non-hydrogen) atoms. The predicted molar refractivity (Wildman–Crippen MR) is 182 cm³/mol. The molecule has 0 radical (unpaired) electrons. The second-order valence-electron chi connectivity index (χ2n) is 14.3. The monoisotopic (exact) mass is 737 g/mol. The molecule has 0 unspecified atom stereocenters. The Labute approximate surface area is 294 Å². The fourth-order valence-corrected chi connectivity index (χ4v) is 8.35. The van der Waals surface area contributed by atoms with Gasteiger partial charge in [0.05, 0.1) is 17.1 Å². The number of halogens is 3. The summed E-state index contributed by atoms with van der Waals surface area (Å²) in [6.45, 7) is 12.7. The Morgan fingerprint density at radius 2 is 1.62 bits per heavy atom. The second-order valence-corrected chi connectivity index (χ2v) is 17.2. The number of carbonyl (C=O) groups is 2. The number of carbonyl (C=O) groups excluding carboxylic acids is 2. The van der Waals surface area contributed by atoms with Crippen molar-refractivity contribution in [2.24, 2.45) is 0 Å². The highest BCUT2D eigenvalue weighted by Crippen LogP contribution is 2.34. The number of sulfonamides is 1. The number of hydrogen-bond donors (Lipinski definition) is 1. The Morgan fingerprint density at radius 1 is 0.960 bits per heavy atom. The number of nitrogens with zero attached hydrogens (tertiary/aromatic N) is 4. The minimum Gasteiger partial charge on any atom is -0.444 e. The highest BCUT2D eigenvalue weighted by Gasteiger charge is 2.41. The van der Waals surface area contributed by atoms with Crippen LogP contribution in [-0.4, -0.2) is 78.8 Å². The smallest absolute Gasteiger partial charge is 0.444 e. The normalized spacial score (nSPS) is 17.7.